The van der Waals surface area contributed by atoms with Gasteiger partial charge < -0.3 is 20.1 Å². The number of ether oxygens (including phenoxy) is 2. The zero-order valence-corrected chi connectivity index (χ0v) is 14.4. The Morgan fingerprint density at radius 1 is 1.25 bits per heavy atom. The van der Waals surface area contributed by atoms with Gasteiger partial charge in [0.2, 0.25) is 5.95 Å². The van der Waals surface area contributed by atoms with Gasteiger partial charge in [0.05, 0.1) is 18.9 Å². The highest BCUT2D eigenvalue weighted by molar-refractivity contribution is 5.64. The summed E-state index contributed by atoms with van der Waals surface area (Å²) in [5.74, 6) is 2.11. The van der Waals surface area contributed by atoms with Crippen molar-refractivity contribution in [2.45, 2.75) is 32.8 Å². The smallest absolute Gasteiger partial charge is 0.229 e. The molecule has 2 heterocycles. The molecule has 0 aliphatic carbocycles. The summed E-state index contributed by atoms with van der Waals surface area (Å²) < 4.78 is 11.0. The molecule has 128 valence electrons. The third-order valence-corrected chi connectivity index (χ3v) is 3.99. The summed E-state index contributed by atoms with van der Waals surface area (Å²) in [6.07, 6.45) is 2.51. The molecule has 2 N–H and O–H groups in total. The average molecular weight is 328 g/mol. The molecule has 1 fully saturated rings. The van der Waals surface area contributed by atoms with Crippen molar-refractivity contribution in [2.75, 3.05) is 30.9 Å². The number of aromatic nitrogens is 2. The molecule has 1 unspecified atom stereocenters. The maximum Gasteiger partial charge on any atom is 0.229 e. The molecular formula is C18H24N4O2. The lowest BCUT2D eigenvalue weighted by molar-refractivity contribution is 0.120. The van der Waals surface area contributed by atoms with E-state index in [1.165, 1.54) is 0 Å². The molecule has 0 bridgehead atoms. The van der Waals surface area contributed by atoms with E-state index in [9.17, 15) is 0 Å². The first-order chi connectivity index (χ1) is 11.6. The maximum atomic E-state index is 5.64. The van der Waals surface area contributed by atoms with Crippen LogP contribution in [0.2, 0.25) is 0 Å². The number of rotatable bonds is 6. The first-order valence-corrected chi connectivity index (χ1v) is 8.27. The Morgan fingerprint density at radius 2 is 2.12 bits per heavy atom. The number of nitrogens with zero attached hydrogens (tertiary/aromatic N) is 2. The van der Waals surface area contributed by atoms with Crippen molar-refractivity contribution in [2.24, 2.45) is 0 Å². The number of hydrogen-bond acceptors (Lipinski definition) is 6. The fourth-order valence-electron chi connectivity index (χ4n) is 2.78. The molecule has 0 radical (unpaired) electrons. The first-order valence-electron chi connectivity index (χ1n) is 8.27. The van der Waals surface area contributed by atoms with E-state index < -0.39 is 0 Å². The molecule has 1 aromatic heterocycles. The molecule has 24 heavy (non-hydrogen) atoms. The molecule has 1 aliphatic rings. The number of anilines is 3. The molecule has 2 aromatic rings. The highest BCUT2D eigenvalue weighted by Gasteiger charge is 2.15. The zero-order valence-electron chi connectivity index (χ0n) is 14.4. The van der Waals surface area contributed by atoms with E-state index in [1.54, 1.807) is 7.11 Å². The summed E-state index contributed by atoms with van der Waals surface area (Å²) in [5.41, 5.74) is 2.89. The number of methoxy groups -OCH3 is 1. The van der Waals surface area contributed by atoms with E-state index in [1.807, 2.05) is 38.1 Å². The van der Waals surface area contributed by atoms with Crippen molar-refractivity contribution in [3.8, 4) is 5.75 Å². The van der Waals surface area contributed by atoms with Gasteiger partial charge in [0.15, 0.2) is 0 Å². The van der Waals surface area contributed by atoms with Gasteiger partial charge in [0.25, 0.3) is 0 Å². The second kappa shape index (κ2) is 7.49. The summed E-state index contributed by atoms with van der Waals surface area (Å²) in [7, 11) is 1.65. The van der Waals surface area contributed by atoms with Crippen LogP contribution in [0.4, 0.5) is 17.5 Å². The van der Waals surface area contributed by atoms with Gasteiger partial charge in [-0.1, -0.05) is 6.07 Å². The summed E-state index contributed by atoms with van der Waals surface area (Å²) in [6.45, 7) is 5.62. The van der Waals surface area contributed by atoms with Gasteiger partial charge in [-0.2, -0.15) is 4.98 Å². The Morgan fingerprint density at radius 3 is 2.88 bits per heavy atom. The lowest BCUT2D eigenvalue weighted by Gasteiger charge is -2.14. The van der Waals surface area contributed by atoms with Crippen LogP contribution in [0.5, 0.6) is 5.75 Å². The quantitative estimate of drug-likeness (QED) is 0.847. The molecule has 6 nitrogen and oxygen atoms in total. The van der Waals surface area contributed by atoms with Crippen molar-refractivity contribution in [3.63, 3.8) is 0 Å². The third kappa shape index (κ3) is 4.14. The summed E-state index contributed by atoms with van der Waals surface area (Å²) in [5, 5.41) is 6.60. The van der Waals surface area contributed by atoms with Crippen LogP contribution >= 0.6 is 0 Å². The van der Waals surface area contributed by atoms with Crippen LogP contribution in [-0.4, -0.2) is 36.3 Å². The van der Waals surface area contributed by atoms with Crippen molar-refractivity contribution in [1.29, 1.82) is 0 Å². The van der Waals surface area contributed by atoms with Crippen LogP contribution in [0, 0.1) is 13.8 Å². The monoisotopic (exact) mass is 328 g/mol. The third-order valence-electron chi connectivity index (χ3n) is 3.99. The van der Waals surface area contributed by atoms with E-state index in [0.29, 0.717) is 5.95 Å². The highest BCUT2D eigenvalue weighted by Crippen LogP contribution is 2.27. The molecule has 0 amide bonds. The van der Waals surface area contributed by atoms with Gasteiger partial charge in [0, 0.05) is 24.9 Å². The van der Waals surface area contributed by atoms with Gasteiger partial charge in [-0.3, -0.25) is 0 Å². The maximum absolute atomic E-state index is 5.64. The van der Waals surface area contributed by atoms with Gasteiger partial charge >= 0.3 is 0 Å². The van der Waals surface area contributed by atoms with Crippen LogP contribution in [0.15, 0.2) is 24.3 Å². The second-order valence-corrected chi connectivity index (χ2v) is 6.06. The van der Waals surface area contributed by atoms with E-state index in [4.69, 9.17) is 9.47 Å². The van der Waals surface area contributed by atoms with Crippen molar-refractivity contribution < 1.29 is 9.47 Å². The Labute approximate surface area is 142 Å². The van der Waals surface area contributed by atoms with E-state index in [2.05, 4.69) is 20.6 Å². The molecule has 0 spiro atoms. The fourth-order valence-corrected chi connectivity index (χ4v) is 2.78. The van der Waals surface area contributed by atoms with Crippen molar-refractivity contribution in [3.05, 3.63) is 35.5 Å². The standard InChI is InChI=1S/C18H24N4O2/c1-12-6-7-16(23-3)15(9-12)21-18-20-13(2)10-17(22-18)19-11-14-5-4-8-24-14/h6-7,9-10,14H,4-5,8,11H2,1-3H3,(H2,19,20,21,22). The largest absolute Gasteiger partial charge is 0.495 e. The van der Waals surface area contributed by atoms with Crippen molar-refractivity contribution >= 4 is 17.5 Å². The summed E-state index contributed by atoms with van der Waals surface area (Å²) in [6, 6.07) is 7.90. The van der Waals surface area contributed by atoms with Gasteiger partial charge in [-0.05, 0) is 44.4 Å². The Kier molecular flexibility index (Phi) is 5.15. The van der Waals surface area contributed by atoms with Crippen LogP contribution in [0.1, 0.15) is 24.1 Å². The predicted molar refractivity (Wildman–Crippen MR) is 95.2 cm³/mol. The van der Waals surface area contributed by atoms with Gasteiger partial charge in [-0.25, -0.2) is 4.98 Å². The Hall–Kier alpha value is -2.34. The molecule has 1 aromatic carbocycles. The van der Waals surface area contributed by atoms with Crippen LogP contribution in [0.25, 0.3) is 0 Å². The zero-order chi connectivity index (χ0) is 16.9. The van der Waals surface area contributed by atoms with Crippen molar-refractivity contribution in [1.82, 2.24) is 9.97 Å². The lowest BCUT2D eigenvalue weighted by atomic mass is 10.2. The Bertz CT molecular complexity index is 699. The molecule has 1 saturated heterocycles. The topological polar surface area (TPSA) is 68.3 Å². The highest BCUT2D eigenvalue weighted by atomic mass is 16.5. The van der Waals surface area contributed by atoms with E-state index in [-0.39, 0.29) is 6.10 Å². The number of hydrogen-bond donors (Lipinski definition) is 2. The Balaban J connectivity index is 1.74. The molecule has 3 rings (SSSR count). The van der Waals surface area contributed by atoms with Crippen LogP contribution in [-0.2, 0) is 4.74 Å². The predicted octanol–water partition coefficient (Wildman–Crippen LogP) is 3.44. The fraction of sp³-hybridized carbons (Fsp3) is 0.444. The molecule has 1 atom stereocenters. The van der Waals surface area contributed by atoms with E-state index >= 15 is 0 Å². The van der Waals surface area contributed by atoms with Crippen LogP contribution in [0.3, 0.4) is 0 Å². The SMILES string of the molecule is COc1ccc(C)cc1Nc1nc(C)cc(NCC2CCCO2)n1. The number of aryl methyl sites for hydroxylation is 2. The second-order valence-electron chi connectivity index (χ2n) is 6.06. The number of benzene rings is 1. The molecule has 6 heteroatoms. The minimum atomic E-state index is 0.272. The van der Waals surface area contributed by atoms with Gasteiger partial charge in [0.1, 0.15) is 11.6 Å². The molecule has 0 saturated carbocycles. The summed E-state index contributed by atoms with van der Waals surface area (Å²) >= 11 is 0. The minimum absolute atomic E-state index is 0.272. The minimum Gasteiger partial charge on any atom is -0.495 e. The summed E-state index contributed by atoms with van der Waals surface area (Å²) in [4.78, 5) is 9.02. The average Bonchev–Trinajstić information content (AvgIpc) is 3.06. The normalized spacial score (nSPS) is 16.9. The van der Waals surface area contributed by atoms with E-state index in [0.717, 1.165) is 54.5 Å². The molecule has 1 aliphatic heterocycles. The lowest BCUT2D eigenvalue weighted by Crippen LogP contribution is -2.19. The van der Waals surface area contributed by atoms with Crippen LogP contribution < -0.4 is 15.4 Å². The van der Waals surface area contributed by atoms with Gasteiger partial charge in [-0.15, -0.1) is 0 Å². The first kappa shape index (κ1) is 16.5. The number of nitrogens with one attached hydrogen (secondary N) is 2. The molecular weight excluding hydrogens is 304 g/mol.